The highest BCUT2D eigenvalue weighted by Crippen LogP contribution is 2.27. The first kappa shape index (κ1) is 17.7. The molecule has 2 heterocycles. The second-order valence-corrected chi connectivity index (χ2v) is 5.97. The second-order valence-electron chi connectivity index (χ2n) is 5.97. The van der Waals surface area contributed by atoms with Gasteiger partial charge in [0.05, 0.1) is 6.10 Å². The topological polar surface area (TPSA) is 38.8 Å². The van der Waals surface area contributed by atoms with Gasteiger partial charge in [-0.1, -0.05) is 49.5 Å². The van der Waals surface area contributed by atoms with E-state index in [9.17, 15) is 4.79 Å². The highest BCUT2D eigenvalue weighted by Gasteiger charge is 2.35. The Kier molecular flexibility index (Phi) is 7.88. The van der Waals surface area contributed by atoms with Crippen molar-refractivity contribution in [1.29, 1.82) is 0 Å². The summed E-state index contributed by atoms with van der Waals surface area (Å²) in [6.45, 7) is 2.14. The lowest BCUT2D eigenvalue weighted by molar-refractivity contribution is -0.146. The molecular formula is C20H28O3. The van der Waals surface area contributed by atoms with Gasteiger partial charge < -0.3 is 9.47 Å². The van der Waals surface area contributed by atoms with Crippen LogP contribution in [-0.4, -0.2) is 24.3 Å². The van der Waals surface area contributed by atoms with E-state index in [4.69, 9.17) is 9.47 Å². The lowest BCUT2D eigenvalue weighted by Gasteiger charge is -2.11. The van der Waals surface area contributed by atoms with Gasteiger partial charge in [-0.05, 0) is 38.2 Å². The van der Waals surface area contributed by atoms with Crippen LogP contribution in [0, 0.1) is 0 Å². The molecule has 0 saturated carbocycles. The van der Waals surface area contributed by atoms with Crippen LogP contribution in [0.3, 0.4) is 0 Å². The first-order valence-corrected chi connectivity index (χ1v) is 8.78. The van der Waals surface area contributed by atoms with Gasteiger partial charge in [0.15, 0.2) is 0 Å². The zero-order valence-electron chi connectivity index (χ0n) is 14.0. The molecule has 2 aliphatic heterocycles. The molecule has 0 aromatic carbocycles. The smallest absolute Gasteiger partial charge is 0.306 e. The predicted molar refractivity (Wildman–Crippen MR) is 93.1 cm³/mol. The van der Waals surface area contributed by atoms with Crippen LogP contribution in [0.25, 0.3) is 0 Å². The van der Waals surface area contributed by atoms with Crippen molar-refractivity contribution >= 4 is 5.97 Å². The molecule has 3 heteroatoms. The van der Waals surface area contributed by atoms with E-state index in [2.05, 4.69) is 43.4 Å². The molecule has 0 spiro atoms. The highest BCUT2D eigenvalue weighted by molar-refractivity contribution is 5.69. The minimum atomic E-state index is -0.156. The Morgan fingerprint density at radius 1 is 1.17 bits per heavy atom. The molecule has 1 fully saturated rings. The summed E-state index contributed by atoms with van der Waals surface area (Å²) in [7, 11) is 0. The number of hydrogen-bond donors (Lipinski definition) is 0. The van der Waals surface area contributed by atoms with Gasteiger partial charge in [-0.25, -0.2) is 0 Å². The molecule has 0 radical (unpaired) electrons. The highest BCUT2D eigenvalue weighted by atomic mass is 16.6. The molecule has 0 N–H and O–H groups in total. The number of allylic oxidation sites excluding steroid dienone is 4. The minimum absolute atomic E-state index is 0.0975. The number of hydrogen-bond acceptors (Lipinski definition) is 3. The molecule has 0 aliphatic carbocycles. The van der Waals surface area contributed by atoms with E-state index < -0.39 is 0 Å². The third kappa shape index (κ3) is 7.47. The fourth-order valence-electron chi connectivity index (χ4n) is 2.52. The molecule has 0 bridgehead atoms. The fourth-order valence-corrected chi connectivity index (χ4v) is 2.52. The largest absolute Gasteiger partial charge is 0.458 e. The molecule has 3 nitrogen and oxygen atoms in total. The van der Waals surface area contributed by atoms with E-state index >= 15 is 0 Å². The van der Waals surface area contributed by atoms with Crippen molar-refractivity contribution in [1.82, 2.24) is 0 Å². The average Bonchev–Trinajstić information content (AvgIpc) is 3.27. The van der Waals surface area contributed by atoms with Gasteiger partial charge in [0.25, 0.3) is 0 Å². The molecule has 0 aromatic rings. The van der Waals surface area contributed by atoms with Crippen LogP contribution >= 0.6 is 0 Å². The number of epoxide rings is 1. The number of rotatable bonds is 7. The van der Waals surface area contributed by atoms with Gasteiger partial charge in [0, 0.05) is 12.8 Å². The summed E-state index contributed by atoms with van der Waals surface area (Å²) in [5, 5.41) is 0. The molecule has 0 amide bonds. The van der Waals surface area contributed by atoms with Crippen molar-refractivity contribution in [2.24, 2.45) is 0 Å². The van der Waals surface area contributed by atoms with Crippen LogP contribution in [0.2, 0.25) is 0 Å². The number of carbonyl (C=O) groups is 1. The third-order valence-corrected chi connectivity index (χ3v) is 3.92. The summed E-state index contributed by atoms with van der Waals surface area (Å²) < 4.78 is 11.1. The first-order chi connectivity index (χ1) is 11.3. The van der Waals surface area contributed by atoms with Crippen LogP contribution in [0.1, 0.15) is 51.9 Å². The molecule has 1 saturated heterocycles. The van der Waals surface area contributed by atoms with E-state index in [1.807, 2.05) is 12.2 Å². The molecule has 3 atom stereocenters. The van der Waals surface area contributed by atoms with Crippen molar-refractivity contribution in [2.75, 3.05) is 0 Å². The van der Waals surface area contributed by atoms with Crippen LogP contribution in [0.5, 0.6) is 0 Å². The van der Waals surface area contributed by atoms with E-state index in [0.29, 0.717) is 6.42 Å². The maximum atomic E-state index is 11.6. The second kappa shape index (κ2) is 10.2. The number of carbonyl (C=O) groups excluding carboxylic acids is 1. The van der Waals surface area contributed by atoms with Crippen LogP contribution in [0.4, 0.5) is 0 Å². The van der Waals surface area contributed by atoms with E-state index in [1.54, 1.807) is 0 Å². The standard InChI is InChI=1S/C20H28O3/c1-2-3-4-5-6-10-13-18-19(23-18)16-15-17-12-9-7-8-11-14-20(21)22-17/h3-4,6-7,9-10,15-19H,2,5,8,11-14H2,1H3/b4-3-,9-7-,10-6-,16-15+/t17-,18+,19-/m0/s1. The Morgan fingerprint density at radius 2 is 2.04 bits per heavy atom. The van der Waals surface area contributed by atoms with E-state index in [0.717, 1.165) is 38.5 Å². The Labute approximate surface area is 139 Å². The maximum Gasteiger partial charge on any atom is 0.306 e. The summed E-state index contributed by atoms with van der Waals surface area (Å²) in [6.07, 6.45) is 23.4. The first-order valence-electron chi connectivity index (χ1n) is 8.78. The SMILES string of the molecule is CC/C=C\C/C=C\C[C@H]1O[C@H]1/C=C/[C@@H]1C/C=C\CCCC(=O)O1. The fraction of sp³-hybridized carbons (Fsp3) is 0.550. The minimum Gasteiger partial charge on any atom is -0.458 e. The lowest BCUT2D eigenvalue weighted by Crippen LogP contribution is -2.15. The number of cyclic esters (lactones) is 1. The zero-order chi connectivity index (χ0) is 16.3. The molecule has 2 rings (SSSR count). The molecule has 0 aromatic heterocycles. The molecular weight excluding hydrogens is 288 g/mol. The van der Waals surface area contributed by atoms with Crippen molar-refractivity contribution in [3.05, 3.63) is 48.6 Å². The zero-order valence-corrected chi connectivity index (χ0v) is 14.0. The molecule has 2 aliphatic rings. The Hall–Kier alpha value is -1.61. The van der Waals surface area contributed by atoms with Gasteiger partial charge in [-0.3, -0.25) is 4.79 Å². The third-order valence-electron chi connectivity index (χ3n) is 3.92. The predicted octanol–water partition coefficient (Wildman–Crippen LogP) is 4.65. The average molecular weight is 316 g/mol. The summed E-state index contributed by atoms with van der Waals surface area (Å²) in [5.74, 6) is -0.0975. The Bertz CT molecular complexity index is 473. The van der Waals surface area contributed by atoms with Crippen molar-refractivity contribution in [3.8, 4) is 0 Å². The lowest BCUT2D eigenvalue weighted by atomic mass is 10.1. The van der Waals surface area contributed by atoms with Crippen LogP contribution in [-0.2, 0) is 14.3 Å². The van der Waals surface area contributed by atoms with Crippen molar-refractivity contribution in [2.45, 2.75) is 70.2 Å². The monoisotopic (exact) mass is 316 g/mol. The Balaban J connectivity index is 1.69. The van der Waals surface area contributed by atoms with E-state index in [1.165, 1.54) is 0 Å². The van der Waals surface area contributed by atoms with Crippen LogP contribution in [0.15, 0.2) is 48.6 Å². The Morgan fingerprint density at radius 3 is 2.91 bits per heavy atom. The molecule has 0 unspecified atom stereocenters. The van der Waals surface area contributed by atoms with Crippen molar-refractivity contribution < 1.29 is 14.3 Å². The summed E-state index contributed by atoms with van der Waals surface area (Å²) in [4.78, 5) is 11.6. The van der Waals surface area contributed by atoms with E-state index in [-0.39, 0.29) is 24.3 Å². The van der Waals surface area contributed by atoms with Gasteiger partial charge in [-0.2, -0.15) is 0 Å². The van der Waals surface area contributed by atoms with Gasteiger partial charge in [0.1, 0.15) is 12.2 Å². The molecule has 126 valence electrons. The van der Waals surface area contributed by atoms with Crippen LogP contribution < -0.4 is 0 Å². The number of esters is 1. The quantitative estimate of drug-likeness (QED) is 0.390. The summed E-state index contributed by atoms with van der Waals surface area (Å²) in [5.41, 5.74) is 0. The maximum absolute atomic E-state index is 11.6. The van der Waals surface area contributed by atoms with Gasteiger partial charge in [0.2, 0.25) is 0 Å². The summed E-state index contributed by atoms with van der Waals surface area (Å²) in [6, 6.07) is 0. The van der Waals surface area contributed by atoms with Crippen molar-refractivity contribution in [3.63, 3.8) is 0 Å². The summed E-state index contributed by atoms with van der Waals surface area (Å²) >= 11 is 0. The van der Waals surface area contributed by atoms with Gasteiger partial charge in [-0.15, -0.1) is 0 Å². The number of ether oxygens (including phenoxy) is 2. The normalized spacial score (nSPS) is 30.3. The molecule has 23 heavy (non-hydrogen) atoms. The van der Waals surface area contributed by atoms with Gasteiger partial charge >= 0.3 is 5.97 Å².